The number of hydrogen-bond acceptors (Lipinski definition) is 25. The van der Waals surface area contributed by atoms with Gasteiger partial charge in [0.2, 0.25) is 0 Å². The van der Waals surface area contributed by atoms with Crippen LogP contribution in [0, 0.1) is 47.5 Å². The summed E-state index contributed by atoms with van der Waals surface area (Å²) in [5.74, 6) is 1.50. The van der Waals surface area contributed by atoms with E-state index in [4.69, 9.17) is 54.0 Å². The van der Waals surface area contributed by atoms with Crippen LogP contribution in [0.25, 0.3) is 84.3 Å². The molecule has 4 aromatic heterocycles. The summed E-state index contributed by atoms with van der Waals surface area (Å²) in [4.78, 5) is 56.2. The first-order chi connectivity index (χ1) is 61.4. The van der Waals surface area contributed by atoms with Crippen LogP contribution in [0.3, 0.4) is 0 Å². The molecule has 4 heterocycles. The van der Waals surface area contributed by atoms with Crippen molar-refractivity contribution >= 4 is 51.0 Å². The Bertz CT molecular complexity index is 5630. The molecule has 2 atom stereocenters. The van der Waals surface area contributed by atoms with E-state index in [-0.39, 0.29) is 117 Å². The molecule has 13 rings (SSSR count). The van der Waals surface area contributed by atoms with E-state index in [1.807, 2.05) is 153 Å². The lowest BCUT2D eigenvalue weighted by molar-refractivity contribution is -0.152. The van der Waals surface area contributed by atoms with E-state index in [2.05, 4.69) is 110 Å². The highest BCUT2D eigenvalue weighted by Crippen LogP contribution is 2.42. The molecule has 8 N–H and O–H groups in total. The maximum atomic E-state index is 12.7. The maximum Gasteiger partial charge on any atom is 0.306 e. The normalized spacial score (nSPS) is 12.1. The summed E-state index contributed by atoms with van der Waals surface area (Å²) < 4.78 is 27.2. The topological polar surface area (TPSA) is 390 Å². The third kappa shape index (κ3) is 26.8. The number of aryl methyl sites for hydroxylation is 9. The third-order valence-electron chi connectivity index (χ3n) is 21.6. The van der Waals surface area contributed by atoms with E-state index in [0.29, 0.717) is 111 Å². The minimum absolute atomic E-state index is 0.00328. The molecule has 684 valence electrons. The summed E-state index contributed by atoms with van der Waals surface area (Å²) in [6.07, 6.45) is 5.35. The van der Waals surface area contributed by atoms with Gasteiger partial charge < -0.3 is 64.5 Å². The van der Waals surface area contributed by atoms with Crippen molar-refractivity contribution in [3.8, 4) is 80.0 Å². The smallest absolute Gasteiger partial charge is 0.306 e. The van der Waals surface area contributed by atoms with Gasteiger partial charge in [0.05, 0.1) is 32.0 Å². The van der Waals surface area contributed by atoms with Crippen LogP contribution in [-0.2, 0) is 68.8 Å². The number of aliphatic hydroxyl groups is 4. The molecule has 0 saturated heterocycles. The Hall–Kier alpha value is -12.6. The molecule has 129 heavy (non-hydrogen) atoms. The van der Waals surface area contributed by atoms with Gasteiger partial charge in [0.25, 0.3) is 0 Å². The largest absolute Gasteiger partial charge is 0.507 e. The van der Waals surface area contributed by atoms with E-state index in [9.17, 15) is 39.9 Å². The fourth-order valence-electron chi connectivity index (χ4n) is 15.1. The molecule has 0 fully saturated rings. The summed E-state index contributed by atoms with van der Waals surface area (Å²) in [6, 6.07) is 47.1. The van der Waals surface area contributed by atoms with Gasteiger partial charge in [-0.3, -0.25) is 14.4 Å². The number of aliphatic hydroxyl groups excluding tert-OH is 4. The van der Waals surface area contributed by atoms with E-state index in [1.54, 1.807) is 30.3 Å². The predicted molar refractivity (Wildman–Crippen MR) is 499 cm³/mol. The zero-order valence-electron chi connectivity index (χ0n) is 77.2. The SMILES string of the molecule is CC(C)(C)c1cc(CCC(=O)OCCO)cc(-n2nc3ccccc3n2)c1O.CC(C)(C)c1cc(CCC(=O)OCCOC(=O)CCc2cc(-n3nc4ccccc4n3)c(O)c(C(C)(C)C)c2)cc(-n2nc3ccccc3n2)c1O.CCCCC(CC)COCC(O)COc1ccc(-c2nc(-c3c(C)cc(C)cc3C)nc(-c3c(C)cc(C)cc3C)n2)c(O)c1.OCCO. The van der Waals surface area contributed by atoms with E-state index in [1.165, 1.54) is 44.4 Å². The molecule has 0 aliphatic rings. The Morgan fingerprint density at radius 2 is 0.752 bits per heavy atom. The number of phenols is 4. The Labute approximate surface area is 754 Å². The monoisotopic (exact) mass is 1760 g/mol. The lowest BCUT2D eigenvalue weighted by Crippen LogP contribution is -2.25. The molecule has 2 unspecified atom stereocenters. The van der Waals surface area contributed by atoms with Crippen molar-refractivity contribution in [1.29, 1.82) is 0 Å². The second kappa shape index (κ2) is 44.9. The van der Waals surface area contributed by atoms with Gasteiger partial charge >= 0.3 is 17.9 Å². The Kier molecular flexibility index (Phi) is 34.3. The molecular formula is C101H124N12O16. The van der Waals surface area contributed by atoms with Crippen LogP contribution in [0.15, 0.2) is 152 Å². The van der Waals surface area contributed by atoms with Crippen molar-refractivity contribution < 1.29 is 78.9 Å². The van der Waals surface area contributed by atoms with Gasteiger partial charge in [-0.25, -0.2) is 15.0 Å². The van der Waals surface area contributed by atoms with Gasteiger partial charge in [-0.1, -0.05) is 185 Å². The summed E-state index contributed by atoms with van der Waals surface area (Å²) in [5.41, 5.74) is 18.3. The van der Waals surface area contributed by atoms with Crippen LogP contribution in [0.5, 0.6) is 28.7 Å². The Morgan fingerprint density at radius 3 is 1.06 bits per heavy atom. The second-order valence-corrected chi connectivity index (χ2v) is 35.5. The Morgan fingerprint density at radius 1 is 0.411 bits per heavy atom. The minimum atomic E-state index is -0.772. The molecule has 13 aromatic rings. The number of hydrogen-bond donors (Lipinski definition) is 8. The number of nitrogens with zero attached hydrogens (tertiary/aromatic N) is 12. The summed E-state index contributed by atoms with van der Waals surface area (Å²) >= 11 is 0. The highest BCUT2D eigenvalue weighted by atomic mass is 16.6. The molecule has 0 saturated carbocycles. The zero-order valence-corrected chi connectivity index (χ0v) is 77.2. The van der Waals surface area contributed by atoms with Gasteiger partial charge in [-0.2, -0.15) is 0 Å². The summed E-state index contributed by atoms with van der Waals surface area (Å²) in [7, 11) is 0. The van der Waals surface area contributed by atoms with Crippen LogP contribution in [0.2, 0.25) is 0 Å². The van der Waals surface area contributed by atoms with Crippen molar-refractivity contribution in [2.75, 3.05) is 59.5 Å². The highest BCUT2D eigenvalue weighted by molar-refractivity contribution is 5.79. The van der Waals surface area contributed by atoms with Gasteiger partial charge in [0, 0.05) is 59.8 Å². The van der Waals surface area contributed by atoms with Crippen molar-refractivity contribution in [3.05, 3.63) is 218 Å². The quantitative estimate of drug-likeness (QED) is 0.0110. The van der Waals surface area contributed by atoms with Crippen LogP contribution >= 0.6 is 0 Å². The number of ether oxygens (including phenoxy) is 5. The van der Waals surface area contributed by atoms with Crippen LogP contribution in [0.4, 0.5) is 0 Å². The number of esters is 3. The molecule has 28 nitrogen and oxygen atoms in total. The lowest BCUT2D eigenvalue weighted by atomic mass is 9.84. The molecule has 0 aliphatic heterocycles. The predicted octanol–water partition coefficient (Wildman–Crippen LogP) is 17.1. The third-order valence-corrected chi connectivity index (χ3v) is 21.6. The minimum Gasteiger partial charge on any atom is -0.507 e. The number of fused-ring (bicyclic) bond motifs is 3. The van der Waals surface area contributed by atoms with Gasteiger partial charge in [-0.05, 0) is 195 Å². The molecule has 9 aromatic carbocycles. The van der Waals surface area contributed by atoms with E-state index < -0.39 is 18.0 Å². The van der Waals surface area contributed by atoms with E-state index in [0.717, 1.165) is 79.5 Å². The first-order valence-electron chi connectivity index (χ1n) is 43.9. The fourth-order valence-corrected chi connectivity index (χ4v) is 15.1. The van der Waals surface area contributed by atoms with Crippen LogP contribution in [0.1, 0.15) is 188 Å². The van der Waals surface area contributed by atoms with Gasteiger partial charge in [0.1, 0.15) is 111 Å². The summed E-state index contributed by atoms with van der Waals surface area (Å²) in [5, 5.41) is 106. The molecule has 0 aliphatic carbocycles. The lowest BCUT2D eigenvalue weighted by Gasteiger charge is -2.23. The summed E-state index contributed by atoms with van der Waals surface area (Å²) in [6.45, 7) is 35.2. The number of rotatable bonds is 32. The standard InChI is InChI=1S/C40H44N6O6.C38H49N3O4.C21H25N3O4.C2H6O2/c1-39(2,3)27-21-25(23-33(37(27)49)45-41-29-11-7-8-12-30(29)42-45)15-17-35(47)51-19-20-52-36(48)18-16-26-22-28(40(4,5)6)38(50)34(24-26)46-43-31-13-9-10-14-32(31)44-46;1-9-11-12-29(10-2)20-44-21-30(42)22-45-31-13-14-32(33(43)19-31)36-39-37(34-25(5)15-23(3)16-26(34)6)41-38(40-36)35-27(7)17-24(4)18-28(35)8;1-21(2,3)15-12-14(8-9-19(26)28-11-10-25)13-18(20(15)27)24-22-16-6-4-5-7-17(16)23-24;3-1-2-4/h7-14,21-24,49-50H,15-20H2,1-6H3;13-19,29-30,42-43H,9-12,20-22H2,1-8H3;4-7,12-13,25,27H,8-11H2,1-3H3;3-4H,1-2H2. The fraction of sp³-hybridized carbons (Fsp3) is 0.406. The molecule has 0 spiro atoms. The van der Waals surface area contributed by atoms with Crippen molar-refractivity contribution in [1.82, 2.24) is 59.9 Å². The number of carbonyl (C=O) groups is 3. The van der Waals surface area contributed by atoms with Crippen LogP contribution in [-0.4, -0.2) is 184 Å². The van der Waals surface area contributed by atoms with E-state index >= 15 is 0 Å². The van der Waals surface area contributed by atoms with Gasteiger partial charge in [-0.15, -0.1) is 45.0 Å². The first-order valence-corrected chi connectivity index (χ1v) is 43.9. The number of carbonyl (C=O) groups excluding carboxylic acids is 3. The molecule has 0 amide bonds. The first kappa shape index (κ1) is 98.6. The van der Waals surface area contributed by atoms with Crippen molar-refractivity contribution in [2.45, 2.75) is 204 Å². The average Bonchev–Trinajstić information content (AvgIpc) is 1.77. The maximum absolute atomic E-state index is 12.7. The van der Waals surface area contributed by atoms with Crippen molar-refractivity contribution in [3.63, 3.8) is 0 Å². The second-order valence-electron chi connectivity index (χ2n) is 35.5. The number of benzene rings is 9. The van der Waals surface area contributed by atoms with Crippen molar-refractivity contribution in [2.24, 2.45) is 5.92 Å². The number of phenolic OH excluding ortho intramolecular Hbond substituents is 4. The molecular weight excluding hydrogens is 1640 g/mol. The van der Waals surface area contributed by atoms with Crippen LogP contribution < -0.4 is 4.74 Å². The Balaban J connectivity index is 0.000000205. The number of aromatic hydroxyl groups is 4. The van der Waals surface area contributed by atoms with Gasteiger partial charge in [0.15, 0.2) is 17.5 Å². The molecule has 0 radical (unpaired) electrons. The zero-order chi connectivity index (χ0) is 93.6. The molecule has 28 heteroatoms. The molecule has 0 bridgehead atoms. The average molecular weight is 1760 g/mol. The number of unbranched alkanes of at least 4 members (excludes halogenated alkanes) is 1. The number of aromatic nitrogens is 12. The highest BCUT2D eigenvalue weighted by Gasteiger charge is 2.29.